The van der Waals surface area contributed by atoms with Crippen LogP contribution in [0.4, 0.5) is 0 Å². The van der Waals surface area contributed by atoms with Gasteiger partial charge in [0.15, 0.2) is 0 Å². The first-order valence-electron chi connectivity index (χ1n) is 9.57. The molecule has 0 spiro atoms. The molecule has 6 nitrogen and oxygen atoms in total. The molecule has 0 unspecified atom stereocenters. The number of fused-ring (bicyclic) bond motifs is 1. The van der Waals surface area contributed by atoms with Gasteiger partial charge in [0.1, 0.15) is 4.21 Å². The fraction of sp³-hybridized carbons (Fsp3) is 0.722. The maximum atomic E-state index is 13.3. The molecule has 1 amide bonds. The Morgan fingerprint density at radius 1 is 1.26 bits per heavy atom. The molecule has 3 fully saturated rings. The zero-order chi connectivity index (χ0) is 18.2. The average Bonchev–Trinajstić information content (AvgIpc) is 3.32. The number of amides is 1. The Kier molecular flexibility index (Phi) is 6.52. The minimum atomic E-state index is -3.44. The maximum Gasteiger partial charge on any atom is 0.250 e. The second-order valence-electron chi connectivity index (χ2n) is 7.85. The number of likely N-dealkylation sites (tertiary alicyclic amines) is 1. The SMILES string of the molecule is Cl.O=C(N1CCC(NS(=O)(=O)c2cccs2)CC1)[C@@]12CCCC[C@H]1CNC2. The molecule has 2 N–H and O–H groups in total. The smallest absolute Gasteiger partial charge is 0.250 e. The summed E-state index contributed by atoms with van der Waals surface area (Å²) in [7, 11) is -3.44. The van der Waals surface area contributed by atoms with Crippen LogP contribution in [-0.2, 0) is 14.8 Å². The third kappa shape index (κ3) is 4.05. The number of nitrogens with one attached hydrogen (secondary N) is 2. The lowest BCUT2D eigenvalue weighted by Crippen LogP contribution is -2.54. The minimum absolute atomic E-state index is 0. The molecule has 2 aliphatic heterocycles. The molecule has 1 aromatic rings. The third-order valence-electron chi connectivity index (χ3n) is 6.33. The Balaban J connectivity index is 0.00000210. The normalized spacial score (nSPS) is 29.2. The number of piperidine rings is 1. The van der Waals surface area contributed by atoms with Gasteiger partial charge in [0.2, 0.25) is 15.9 Å². The van der Waals surface area contributed by atoms with E-state index in [1.807, 2.05) is 4.90 Å². The zero-order valence-corrected chi connectivity index (χ0v) is 17.8. The summed E-state index contributed by atoms with van der Waals surface area (Å²) < 4.78 is 27.9. The molecule has 1 aliphatic carbocycles. The summed E-state index contributed by atoms with van der Waals surface area (Å²) in [5.74, 6) is 0.769. The first-order valence-corrected chi connectivity index (χ1v) is 11.9. The number of halogens is 1. The van der Waals surface area contributed by atoms with E-state index < -0.39 is 10.0 Å². The van der Waals surface area contributed by atoms with E-state index in [0.717, 1.165) is 32.4 Å². The molecule has 9 heteroatoms. The molecule has 152 valence electrons. The molecule has 3 aliphatic rings. The van der Waals surface area contributed by atoms with Crippen molar-refractivity contribution in [1.29, 1.82) is 0 Å². The van der Waals surface area contributed by atoms with Gasteiger partial charge in [-0.1, -0.05) is 18.9 Å². The van der Waals surface area contributed by atoms with Crippen LogP contribution in [0, 0.1) is 11.3 Å². The van der Waals surface area contributed by atoms with Crippen molar-refractivity contribution in [2.24, 2.45) is 11.3 Å². The number of carbonyl (C=O) groups is 1. The molecule has 1 saturated carbocycles. The first-order chi connectivity index (χ1) is 12.5. The summed E-state index contributed by atoms with van der Waals surface area (Å²) >= 11 is 1.23. The van der Waals surface area contributed by atoms with Crippen LogP contribution in [0.15, 0.2) is 21.7 Å². The zero-order valence-electron chi connectivity index (χ0n) is 15.4. The monoisotopic (exact) mass is 433 g/mol. The summed E-state index contributed by atoms with van der Waals surface area (Å²) in [6.45, 7) is 3.06. The predicted molar refractivity (Wildman–Crippen MR) is 109 cm³/mol. The Morgan fingerprint density at radius 3 is 2.74 bits per heavy atom. The Bertz CT molecular complexity index is 748. The van der Waals surface area contributed by atoms with E-state index >= 15 is 0 Å². The van der Waals surface area contributed by atoms with E-state index in [2.05, 4.69) is 10.0 Å². The van der Waals surface area contributed by atoms with Crippen LogP contribution in [0.3, 0.4) is 0 Å². The van der Waals surface area contributed by atoms with Crippen molar-refractivity contribution in [3.8, 4) is 0 Å². The van der Waals surface area contributed by atoms with Crippen LogP contribution in [-0.4, -0.2) is 51.4 Å². The second kappa shape index (κ2) is 8.37. The van der Waals surface area contributed by atoms with Gasteiger partial charge in [0, 0.05) is 25.7 Å². The van der Waals surface area contributed by atoms with Gasteiger partial charge in [0.25, 0.3) is 0 Å². The van der Waals surface area contributed by atoms with Crippen LogP contribution >= 0.6 is 23.7 Å². The number of thiophene rings is 1. The van der Waals surface area contributed by atoms with Gasteiger partial charge < -0.3 is 10.2 Å². The van der Waals surface area contributed by atoms with Gasteiger partial charge in [-0.3, -0.25) is 4.79 Å². The highest BCUT2D eigenvalue weighted by atomic mass is 35.5. The van der Waals surface area contributed by atoms with Crippen LogP contribution in [0.5, 0.6) is 0 Å². The molecule has 3 heterocycles. The molecule has 0 radical (unpaired) electrons. The number of hydrogen-bond donors (Lipinski definition) is 2. The lowest BCUT2D eigenvalue weighted by atomic mass is 9.67. The molecule has 2 atom stereocenters. The standard InChI is InChI=1S/C18H27N3O3S2.ClH/c22-17(18-8-2-1-4-14(18)12-19-13-18)21-9-6-15(7-10-21)20-26(23,24)16-5-3-11-25-16;/h3,5,11,14-15,19-20H,1-2,4,6-10,12-13H2;1H/t14-,18+;/m0./s1. The third-order valence-corrected chi connectivity index (χ3v) is 9.25. The molecular weight excluding hydrogens is 406 g/mol. The Labute approximate surface area is 171 Å². The Morgan fingerprint density at radius 2 is 2.04 bits per heavy atom. The van der Waals surface area contributed by atoms with Crippen LogP contribution in [0.25, 0.3) is 0 Å². The minimum Gasteiger partial charge on any atom is -0.342 e. The van der Waals surface area contributed by atoms with Gasteiger partial charge in [-0.05, 0) is 49.6 Å². The largest absolute Gasteiger partial charge is 0.342 e. The van der Waals surface area contributed by atoms with E-state index in [1.165, 1.54) is 17.8 Å². The number of sulfonamides is 1. The lowest BCUT2D eigenvalue weighted by Gasteiger charge is -2.43. The summed E-state index contributed by atoms with van der Waals surface area (Å²) in [4.78, 5) is 15.3. The van der Waals surface area contributed by atoms with E-state index in [4.69, 9.17) is 0 Å². The Hall–Kier alpha value is -0.670. The van der Waals surface area contributed by atoms with Crippen molar-refractivity contribution in [3.63, 3.8) is 0 Å². The first kappa shape index (κ1) is 21.0. The fourth-order valence-corrected chi connectivity index (χ4v) is 7.19. The van der Waals surface area contributed by atoms with Crippen molar-refractivity contribution in [2.45, 2.75) is 48.8 Å². The molecule has 0 bridgehead atoms. The molecule has 0 aromatic carbocycles. The van der Waals surface area contributed by atoms with E-state index in [-0.39, 0.29) is 23.9 Å². The van der Waals surface area contributed by atoms with E-state index in [9.17, 15) is 13.2 Å². The van der Waals surface area contributed by atoms with Crippen LogP contribution in [0.1, 0.15) is 38.5 Å². The summed E-state index contributed by atoms with van der Waals surface area (Å²) in [5, 5.41) is 5.21. The average molecular weight is 434 g/mol. The van der Waals surface area contributed by atoms with Crippen molar-refractivity contribution >= 4 is 39.7 Å². The van der Waals surface area contributed by atoms with Gasteiger partial charge in [-0.25, -0.2) is 13.1 Å². The van der Waals surface area contributed by atoms with Gasteiger partial charge in [0.05, 0.1) is 5.41 Å². The summed E-state index contributed by atoms with van der Waals surface area (Å²) in [6, 6.07) is 3.28. The van der Waals surface area contributed by atoms with Crippen molar-refractivity contribution in [2.75, 3.05) is 26.2 Å². The number of carbonyl (C=O) groups excluding carboxylic acids is 1. The maximum absolute atomic E-state index is 13.3. The number of rotatable bonds is 4. The molecule has 1 aromatic heterocycles. The van der Waals surface area contributed by atoms with Crippen molar-refractivity contribution < 1.29 is 13.2 Å². The predicted octanol–water partition coefficient (Wildman–Crippen LogP) is 2.22. The van der Waals surface area contributed by atoms with E-state index in [1.54, 1.807) is 17.5 Å². The topological polar surface area (TPSA) is 78.5 Å². The number of hydrogen-bond acceptors (Lipinski definition) is 5. The van der Waals surface area contributed by atoms with Gasteiger partial charge >= 0.3 is 0 Å². The summed E-state index contributed by atoms with van der Waals surface area (Å²) in [6.07, 6.45) is 5.88. The van der Waals surface area contributed by atoms with Crippen LogP contribution < -0.4 is 10.0 Å². The molecule has 2 saturated heterocycles. The van der Waals surface area contributed by atoms with Gasteiger partial charge in [-0.2, -0.15) is 0 Å². The molecule has 4 rings (SSSR count). The van der Waals surface area contributed by atoms with Crippen molar-refractivity contribution in [3.05, 3.63) is 17.5 Å². The second-order valence-corrected chi connectivity index (χ2v) is 10.7. The molecular formula is C18H28ClN3O3S2. The highest BCUT2D eigenvalue weighted by Gasteiger charge is 2.51. The van der Waals surface area contributed by atoms with Gasteiger partial charge in [-0.15, -0.1) is 23.7 Å². The highest BCUT2D eigenvalue weighted by Crippen LogP contribution is 2.45. The highest BCUT2D eigenvalue weighted by molar-refractivity contribution is 7.91. The lowest BCUT2D eigenvalue weighted by molar-refractivity contribution is -0.146. The van der Waals surface area contributed by atoms with E-state index in [0.29, 0.717) is 42.0 Å². The van der Waals surface area contributed by atoms with Crippen molar-refractivity contribution in [1.82, 2.24) is 14.9 Å². The quantitative estimate of drug-likeness (QED) is 0.763. The summed E-state index contributed by atoms with van der Waals surface area (Å²) in [5.41, 5.74) is -0.207. The number of nitrogens with zero attached hydrogens (tertiary/aromatic N) is 1. The fourth-order valence-electron chi connectivity index (χ4n) is 4.88. The molecule has 27 heavy (non-hydrogen) atoms. The van der Waals surface area contributed by atoms with Crippen LogP contribution in [0.2, 0.25) is 0 Å².